The number of benzene rings is 2. The molecule has 206 valence electrons. The summed E-state index contributed by atoms with van der Waals surface area (Å²) in [5.41, 5.74) is 0.530. The number of Topliss-reactive ketones (excluding diaryl/α,β-unsaturated/α-hetero) is 2. The zero-order chi connectivity index (χ0) is 28.5. The van der Waals surface area contributed by atoms with Gasteiger partial charge in [-0.1, -0.05) is 55.2 Å². The quantitative estimate of drug-likeness (QED) is 0.301. The number of rotatable bonds is 4. The topological polar surface area (TPSA) is 86.7 Å². The van der Waals surface area contributed by atoms with E-state index in [4.69, 9.17) is 20.5 Å². The Hall–Kier alpha value is -1.94. The molecule has 2 aliphatic carbocycles. The molecule has 0 radical (unpaired) electrons. The fraction of sp³-hybridized carbons (Fsp3) is 0.379. The van der Waals surface area contributed by atoms with E-state index in [9.17, 15) is 18.0 Å². The standard InChI is InChI=1S/C29H27Br2ClO6S/c1-28(2)11-20(33)25-22(13-28)37-23-14-29(3,4)12-21(34)26(23)24(25)18-9-15(30)10-19(31)27(18)38-39(35,36)17-7-5-16(32)6-8-17/h5-10,24H,11-14H2,1-4H3. The molecule has 5 rings (SSSR count). The van der Waals surface area contributed by atoms with Gasteiger partial charge in [0.2, 0.25) is 0 Å². The number of hydrogen-bond acceptors (Lipinski definition) is 6. The van der Waals surface area contributed by atoms with Gasteiger partial charge in [0, 0.05) is 51.9 Å². The highest BCUT2D eigenvalue weighted by Crippen LogP contribution is 2.55. The summed E-state index contributed by atoms with van der Waals surface area (Å²) < 4.78 is 39.8. The first kappa shape index (κ1) is 28.6. The van der Waals surface area contributed by atoms with Crippen LogP contribution in [-0.4, -0.2) is 20.0 Å². The summed E-state index contributed by atoms with van der Waals surface area (Å²) in [7, 11) is -4.29. The predicted molar refractivity (Wildman–Crippen MR) is 155 cm³/mol. The first-order valence-corrected chi connectivity index (χ1v) is 15.8. The minimum Gasteiger partial charge on any atom is -0.465 e. The number of ketones is 2. The Kier molecular flexibility index (Phi) is 7.22. The number of hydrogen-bond donors (Lipinski definition) is 0. The highest BCUT2D eigenvalue weighted by Gasteiger charge is 2.49. The Balaban J connectivity index is 1.74. The van der Waals surface area contributed by atoms with Crippen molar-refractivity contribution in [3.63, 3.8) is 0 Å². The average Bonchev–Trinajstić information content (AvgIpc) is 2.78. The van der Waals surface area contributed by atoms with Crippen LogP contribution in [0.2, 0.25) is 5.02 Å². The maximum Gasteiger partial charge on any atom is 0.339 e. The minimum atomic E-state index is -4.29. The molecule has 1 heterocycles. The lowest BCUT2D eigenvalue weighted by Crippen LogP contribution is -2.37. The highest BCUT2D eigenvalue weighted by molar-refractivity contribution is 9.11. The van der Waals surface area contributed by atoms with Gasteiger partial charge in [-0.3, -0.25) is 9.59 Å². The van der Waals surface area contributed by atoms with E-state index < -0.39 is 16.0 Å². The summed E-state index contributed by atoms with van der Waals surface area (Å²) in [5, 5.41) is 0.387. The largest absolute Gasteiger partial charge is 0.465 e. The zero-order valence-corrected chi connectivity index (χ0v) is 26.6. The average molecular weight is 699 g/mol. The molecule has 3 aliphatic rings. The Morgan fingerprint density at radius 2 is 1.38 bits per heavy atom. The molecule has 0 N–H and O–H groups in total. The molecule has 10 heteroatoms. The van der Waals surface area contributed by atoms with Crippen molar-refractivity contribution in [1.82, 2.24) is 0 Å². The summed E-state index contributed by atoms with van der Waals surface area (Å²) in [6.07, 6.45) is 1.60. The molecule has 0 unspecified atom stereocenters. The Bertz CT molecular complexity index is 1530. The van der Waals surface area contributed by atoms with E-state index in [-0.39, 0.29) is 45.9 Å². The summed E-state index contributed by atoms with van der Waals surface area (Å²) in [4.78, 5) is 27.3. The second-order valence-electron chi connectivity index (χ2n) is 11.9. The van der Waals surface area contributed by atoms with Crippen LogP contribution < -0.4 is 4.18 Å². The number of halogens is 3. The first-order valence-electron chi connectivity index (χ1n) is 12.5. The van der Waals surface area contributed by atoms with E-state index in [2.05, 4.69) is 31.9 Å². The van der Waals surface area contributed by atoms with Crippen LogP contribution in [0.15, 0.2) is 72.9 Å². The summed E-state index contributed by atoms with van der Waals surface area (Å²) in [6, 6.07) is 9.03. The molecular weight excluding hydrogens is 672 g/mol. The first-order chi connectivity index (χ1) is 18.1. The van der Waals surface area contributed by atoms with Crippen LogP contribution in [0.1, 0.15) is 64.9 Å². The summed E-state index contributed by atoms with van der Waals surface area (Å²) >= 11 is 12.9. The van der Waals surface area contributed by atoms with Crippen LogP contribution >= 0.6 is 43.5 Å². The zero-order valence-electron chi connectivity index (χ0n) is 21.9. The number of allylic oxidation sites excluding steroid dienone is 4. The van der Waals surface area contributed by atoms with Gasteiger partial charge in [0.05, 0.1) is 10.4 Å². The molecule has 0 bridgehead atoms. The fourth-order valence-corrected chi connectivity index (χ4v) is 8.17. The van der Waals surface area contributed by atoms with E-state index in [0.29, 0.717) is 55.0 Å². The van der Waals surface area contributed by atoms with Gasteiger partial charge < -0.3 is 8.92 Å². The Morgan fingerprint density at radius 1 is 0.872 bits per heavy atom. The predicted octanol–water partition coefficient (Wildman–Crippen LogP) is 8.03. The normalized spacial score (nSPS) is 20.9. The maximum absolute atomic E-state index is 13.7. The number of ether oxygens (including phenoxy) is 1. The summed E-state index contributed by atoms with van der Waals surface area (Å²) in [6.45, 7) is 8.04. The van der Waals surface area contributed by atoms with Crippen molar-refractivity contribution in [3.05, 3.63) is 78.6 Å². The van der Waals surface area contributed by atoms with Crippen LogP contribution in [0.5, 0.6) is 5.75 Å². The van der Waals surface area contributed by atoms with Crippen molar-refractivity contribution >= 4 is 65.1 Å². The molecule has 2 aromatic carbocycles. The van der Waals surface area contributed by atoms with Crippen LogP contribution in [-0.2, 0) is 24.4 Å². The number of carbonyl (C=O) groups excluding carboxylic acids is 2. The van der Waals surface area contributed by atoms with Crippen molar-refractivity contribution in [2.24, 2.45) is 10.8 Å². The molecular formula is C29H27Br2ClO6S. The van der Waals surface area contributed by atoms with Gasteiger partial charge in [-0.2, -0.15) is 8.42 Å². The lowest BCUT2D eigenvalue weighted by molar-refractivity contribution is -0.120. The highest BCUT2D eigenvalue weighted by atomic mass is 79.9. The Morgan fingerprint density at radius 3 is 1.90 bits per heavy atom. The lowest BCUT2D eigenvalue weighted by atomic mass is 9.65. The molecule has 6 nitrogen and oxygen atoms in total. The second-order valence-corrected chi connectivity index (χ2v) is 15.6. The minimum absolute atomic E-state index is 0.00835. The monoisotopic (exact) mass is 696 g/mol. The summed E-state index contributed by atoms with van der Waals surface area (Å²) in [5.74, 6) is -0.00789. The van der Waals surface area contributed by atoms with Gasteiger partial charge >= 0.3 is 10.1 Å². The van der Waals surface area contributed by atoms with E-state index >= 15 is 0 Å². The van der Waals surface area contributed by atoms with Gasteiger partial charge in [0.1, 0.15) is 16.4 Å². The van der Waals surface area contributed by atoms with Crippen molar-refractivity contribution in [2.75, 3.05) is 0 Å². The third-order valence-corrected chi connectivity index (χ3v) is 9.76. The number of carbonyl (C=O) groups is 2. The molecule has 0 fully saturated rings. The van der Waals surface area contributed by atoms with E-state index in [1.54, 1.807) is 12.1 Å². The van der Waals surface area contributed by atoms with Crippen molar-refractivity contribution in [2.45, 2.75) is 64.2 Å². The molecule has 1 aliphatic heterocycles. The lowest BCUT2D eigenvalue weighted by Gasteiger charge is -2.43. The van der Waals surface area contributed by atoms with Gasteiger partial charge in [-0.25, -0.2) is 0 Å². The molecule has 0 saturated carbocycles. The van der Waals surface area contributed by atoms with Gasteiger partial charge in [0.25, 0.3) is 0 Å². The van der Waals surface area contributed by atoms with Crippen LogP contribution in [0.3, 0.4) is 0 Å². The smallest absolute Gasteiger partial charge is 0.339 e. The molecule has 0 atom stereocenters. The van der Waals surface area contributed by atoms with Crippen molar-refractivity contribution in [1.29, 1.82) is 0 Å². The SMILES string of the molecule is CC1(C)CC(=O)C2=C(C1)OC1=C(C(=O)CC(C)(C)C1)C2c1cc(Br)cc(Br)c1OS(=O)(=O)c1ccc(Cl)cc1. The Labute approximate surface area is 250 Å². The van der Waals surface area contributed by atoms with Gasteiger partial charge in [0.15, 0.2) is 17.3 Å². The van der Waals surface area contributed by atoms with E-state index in [1.807, 2.05) is 27.7 Å². The van der Waals surface area contributed by atoms with Gasteiger partial charge in [-0.05, 0) is 63.2 Å². The van der Waals surface area contributed by atoms with E-state index in [0.717, 1.165) is 0 Å². The molecule has 0 spiro atoms. The molecule has 0 saturated heterocycles. The molecule has 2 aromatic rings. The third-order valence-electron chi connectivity index (χ3n) is 7.23. The molecule has 0 aromatic heterocycles. The van der Waals surface area contributed by atoms with Crippen LogP contribution in [0, 0.1) is 10.8 Å². The van der Waals surface area contributed by atoms with Crippen LogP contribution in [0.25, 0.3) is 0 Å². The van der Waals surface area contributed by atoms with Gasteiger partial charge in [-0.15, -0.1) is 0 Å². The van der Waals surface area contributed by atoms with E-state index in [1.165, 1.54) is 24.3 Å². The van der Waals surface area contributed by atoms with Crippen molar-refractivity contribution < 1.29 is 26.9 Å². The second kappa shape index (κ2) is 9.86. The van der Waals surface area contributed by atoms with Crippen molar-refractivity contribution in [3.8, 4) is 5.75 Å². The molecule has 0 amide bonds. The fourth-order valence-electron chi connectivity index (χ4n) is 5.63. The molecule has 39 heavy (non-hydrogen) atoms. The van der Waals surface area contributed by atoms with Crippen LogP contribution in [0.4, 0.5) is 0 Å². The third kappa shape index (κ3) is 5.52. The maximum atomic E-state index is 13.7.